The third-order valence-electron chi connectivity index (χ3n) is 3.47. The van der Waals surface area contributed by atoms with Crippen molar-refractivity contribution in [3.05, 3.63) is 47.0 Å². The van der Waals surface area contributed by atoms with Crippen LogP contribution < -0.4 is 18.9 Å². The lowest BCUT2D eigenvalue weighted by atomic mass is 10.1. The smallest absolute Gasteiger partial charge is 0.347 e. The quantitative estimate of drug-likeness (QED) is 0.624. The number of rotatable bonds is 5. The summed E-state index contributed by atoms with van der Waals surface area (Å²) < 4.78 is 21.2. The topological polar surface area (TPSA) is 54.0 Å². The Morgan fingerprint density at radius 3 is 2.00 bits per heavy atom. The minimum atomic E-state index is -0.517. The summed E-state index contributed by atoms with van der Waals surface area (Å²) >= 11 is 0. The summed E-state index contributed by atoms with van der Waals surface area (Å²) in [6.07, 6.45) is 0. The van der Waals surface area contributed by atoms with Gasteiger partial charge in [-0.3, -0.25) is 0 Å². The van der Waals surface area contributed by atoms with Crippen LogP contribution in [0.15, 0.2) is 30.3 Å². The monoisotopic (exact) mass is 316 g/mol. The summed E-state index contributed by atoms with van der Waals surface area (Å²) in [6, 6.07) is 8.83. The van der Waals surface area contributed by atoms with Crippen LogP contribution in [-0.2, 0) is 0 Å². The maximum absolute atomic E-state index is 12.5. The molecule has 2 aromatic rings. The summed E-state index contributed by atoms with van der Waals surface area (Å²) in [7, 11) is 4.51. The van der Waals surface area contributed by atoms with Crippen molar-refractivity contribution in [1.82, 2.24) is 0 Å². The van der Waals surface area contributed by atoms with Crippen LogP contribution in [0.4, 0.5) is 0 Å². The van der Waals surface area contributed by atoms with Crippen molar-refractivity contribution in [1.29, 1.82) is 0 Å². The first kappa shape index (κ1) is 16.7. The van der Waals surface area contributed by atoms with Crippen LogP contribution in [-0.4, -0.2) is 27.3 Å². The van der Waals surface area contributed by atoms with E-state index in [-0.39, 0.29) is 5.56 Å². The van der Waals surface area contributed by atoms with E-state index in [1.807, 2.05) is 32.0 Å². The maximum atomic E-state index is 12.5. The van der Waals surface area contributed by atoms with Crippen LogP contribution in [0.3, 0.4) is 0 Å². The van der Waals surface area contributed by atoms with Gasteiger partial charge in [-0.15, -0.1) is 0 Å². The Kier molecular flexibility index (Phi) is 5.11. The number of esters is 1. The lowest BCUT2D eigenvalue weighted by Gasteiger charge is -2.14. The highest BCUT2D eigenvalue weighted by Crippen LogP contribution is 2.35. The zero-order valence-corrected chi connectivity index (χ0v) is 13.9. The van der Waals surface area contributed by atoms with Gasteiger partial charge in [-0.1, -0.05) is 12.1 Å². The molecule has 0 N–H and O–H groups in total. The Bertz CT molecular complexity index is 722. The summed E-state index contributed by atoms with van der Waals surface area (Å²) in [5.74, 6) is 1.27. The van der Waals surface area contributed by atoms with E-state index < -0.39 is 5.97 Å². The standard InChI is InChI=1S/C18H20O5/c1-11-6-7-12(2)14(8-11)23-18(19)13-9-16(21-4)17(22-5)10-15(13)20-3/h6-10H,1-5H3. The van der Waals surface area contributed by atoms with Gasteiger partial charge in [0.25, 0.3) is 0 Å². The molecule has 2 rings (SSSR count). The lowest BCUT2D eigenvalue weighted by Crippen LogP contribution is -2.11. The molecule has 0 radical (unpaired) electrons. The molecule has 0 fully saturated rings. The average Bonchev–Trinajstić information content (AvgIpc) is 2.56. The zero-order valence-electron chi connectivity index (χ0n) is 13.9. The SMILES string of the molecule is COc1cc(OC)c(C(=O)Oc2cc(C)ccc2C)cc1OC. The summed E-state index contributed by atoms with van der Waals surface area (Å²) in [4.78, 5) is 12.5. The fourth-order valence-electron chi connectivity index (χ4n) is 2.16. The van der Waals surface area contributed by atoms with E-state index in [1.165, 1.54) is 21.3 Å². The first-order chi connectivity index (χ1) is 11.0. The first-order valence-corrected chi connectivity index (χ1v) is 7.09. The minimum Gasteiger partial charge on any atom is -0.496 e. The summed E-state index contributed by atoms with van der Waals surface area (Å²) in [6.45, 7) is 3.82. The van der Waals surface area contributed by atoms with Crippen molar-refractivity contribution in [2.45, 2.75) is 13.8 Å². The molecule has 0 saturated carbocycles. The molecule has 5 nitrogen and oxygen atoms in total. The van der Waals surface area contributed by atoms with Crippen LogP contribution in [0.1, 0.15) is 21.5 Å². The van der Waals surface area contributed by atoms with Gasteiger partial charge in [-0.05, 0) is 31.0 Å². The van der Waals surface area contributed by atoms with Crippen molar-refractivity contribution in [2.75, 3.05) is 21.3 Å². The van der Waals surface area contributed by atoms with Gasteiger partial charge in [-0.2, -0.15) is 0 Å². The van der Waals surface area contributed by atoms with Crippen molar-refractivity contribution in [3.63, 3.8) is 0 Å². The van der Waals surface area contributed by atoms with Crippen LogP contribution >= 0.6 is 0 Å². The third-order valence-corrected chi connectivity index (χ3v) is 3.47. The van der Waals surface area contributed by atoms with Crippen LogP contribution in [0, 0.1) is 13.8 Å². The molecule has 0 heterocycles. The Balaban J connectivity index is 2.40. The minimum absolute atomic E-state index is 0.269. The number of ether oxygens (including phenoxy) is 4. The maximum Gasteiger partial charge on any atom is 0.347 e. The van der Waals surface area contributed by atoms with Crippen molar-refractivity contribution in [2.24, 2.45) is 0 Å². The number of carbonyl (C=O) groups excluding carboxylic acids is 1. The average molecular weight is 316 g/mol. The number of hydrogen-bond acceptors (Lipinski definition) is 5. The first-order valence-electron chi connectivity index (χ1n) is 7.09. The fraction of sp³-hybridized carbons (Fsp3) is 0.278. The highest BCUT2D eigenvalue weighted by Gasteiger charge is 2.20. The molecule has 0 aliphatic heterocycles. The van der Waals surface area contributed by atoms with Gasteiger partial charge in [0.15, 0.2) is 11.5 Å². The van der Waals surface area contributed by atoms with E-state index in [0.29, 0.717) is 23.0 Å². The van der Waals surface area contributed by atoms with Crippen LogP contribution in [0.5, 0.6) is 23.0 Å². The van der Waals surface area contributed by atoms with E-state index in [9.17, 15) is 4.79 Å². The molecule has 0 unspecified atom stereocenters. The van der Waals surface area contributed by atoms with E-state index in [1.54, 1.807) is 12.1 Å². The lowest BCUT2D eigenvalue weighted by molar-refractivity contribution is 0.0729. The molecule has 0 aliphatic carbocycles. The highest BCUT2D eigenvalue weighted by molar-refractivity contribution is 5.95. The molecule has 0 atom stereocenters. The normalized spacial score (nSPS) is 10.1. The third kappa shape index (κ3) is 3.56. The van der Waals surface area contributed by atoms with Crippen LogP contribution in [0.2, 0.25) is 0 Å². The Labute approximate surface area is 135 Å². The Morgan fingerprint density at radius 1 is 0.783 bits per heavy atom. The number of benzene rings is 2. The van der Waals surface area contributed by atoms with Gasteiger partial charge in [0.1, 0.15) is 17.1 Å². The van der Waals surface area contributed by atoms with Crippen LogP contribution in [0.25, 0.3) is 0 Å². The molecule has 5 heteroatoms. The zero-order chi connectivity index (χ0) is 17.0. The van der Waals surface area contributed by atoms with E-state index in [4.69, 9.17) is 18.9 Å². The van der Waals surface area contributed by atoms with Gasteiger partial charge in [0.2, 0.25) is 0 Å². The second-order valence-electron chi connectivity index (χ2n) is 5.07. The molecule has 0 spiro atoms. The molecule has 0 saturated heterocycles. The van der Waals surface area contributed by atoms with Gasteiger partial charge in [0, 0.05) is 12.1 Å². The van der Waals surface area contributed by atoms with Gasteiger partial charge in [-0.25, -0.2) is 4.79 Å². The summed E-state index contributed by atoms with van der Waals surface area (Å²) in [5.41, 5.74) is 2.16. The number of hydrogen-bond donors (Lipinski definition) is 0. The molecule has 0 aromatic heterocycles. The Morgan fingerprint density at radius 2 is 1.39 bits per heavy atom. The van der Waals surface area contributed by atoms with E-state index in [0.717, 1.165) is 11.1 Å². The number of aryl methyl sites for hydroxylation is 2. The highest BCUT2D eigenvalue weighted by atomic mass is 16.5. The molecule has 23 heavy (non-hydrogen) atoms. The fourth-order valence-corrected chi connectivity index (χ4v) is 2.16. The molecule has 0 bridgehead atoms. The molecule has 2 aromatic carbocycles. The van der Waals surface area contributed by atoms with Crippen molar-refractivity contribution in [3.8, 4) is 23.0 Å². The number of carbonyl (C=O) groups is 1. The van der Waals surface area contributed by atoms with E-state index >= 15 is 0 Å². The molecule has 0 aliphatic rings. The second kappa shape index (κ2) is 7.05. The Hall–Kier alpha value is -2.69. The molecule has 122 valence electrons. The molecule has 0 amide bonds. The predicted octanol–water partition coefficient (Wildman–Crippen LogP) is 3.55. The molecular formula is C18H20O5. The van der Waals surface area contributed by atoms with Gasteiger partial charge >= 0.3 is 5.97 Å². The summed E-state index contributed by atoms with van der Waals surface area (Å²) in [5, 5.41) is 0. The van der Waals surface area contributed by atoms with E-state index in [2.05, 4.69) is 0 Å². The second-order valence-corrected chi connectivity index (χ2v) is 5.07. The van der Waals surface area contributed by atoms with Gasteiger partial charge < -0.3 is 18.9 Å². The predicted molar refractivity (Wildman–Crippen MR) is 87.0 cm³/mol. The van der Waals surface area contributed by atoms with Gasteiger partial charge in [0.05, 0.1) is 21.3 Å². The number of methoxy groups -OCH3 is 3. The largest absolute Gasteiger partial charge is 0.496 e. The molecular weight excluding hydrogens is 296 g/mol. The van der Waals surface area contributed by atoms with Crippen molar-refractivity contribution < 1.29 is 23.7 Å². The van der Waals surface area contributed by atoms with Crippen molar-refractivity contribution >= 4 is 5.97 Å².